The second-order valence-electron chi connectivity index (χ2n) is 22.4. The number of hydrogen-bond acceptors (Lipinski definition) is 11. The molecule has 0 radical (unpaired) electrons. The molecule has 83 heavy (non-hydrogen) atoms. The fourth-order valence-corrected chi connectivity index (χ4v) is 11.1. The largest absolute Gasteiger partial charge is 0.446 e. The maximum Gasteiger partial charge on any atom is 0.411 e. The van der Waals surface area contributed by atoms with Crippen molar-refractivity contribution < 1.29 is 38.2 Å². The summed E-state index contributed by atoms with van der Waals surface area (Å²) < 4.78 is 17.9. The molecule has 3 aliphatic heterocycles. The lowest BCUT2D eigenvalue weighted by Crippen LogP contribution is -2.42. The molecule has 1 unspecified atom stereocenters. The predicted molar refractivity (Wildman–Crippen MR) is 325 cm³/mol. The highest BCUT2D eigenvalue weighted by Gasteiger charge is 2.30. The third-order valence-corrected chi connectivity index (χ3v) is 16.0. The molecule has 5 amide bonds. The number of likely N-dealkylation sites (tertiary alicyclic amines) is 3. The SMILES string of the molecule is CC(C)OC(NC(=O)C1CCN(Cc2ccc(C(=O)N(C)CCN3CCC(OC(=O)Nc4ccccc4-c4ccccc4)CC3)cc2)CC1)c1ccc(C(=O)N(C)CCN2CCC(OC(=O)Nc3ccccc3-c3ccccc3)CC2)cc1. The Morgan fingerprint density at radius 1 is 0.506 bits per heavy atom. The number of benzene rings is 6. The molecule has 1 atom stereocenters. The third kappa shape index (κ3) is 17.1. The van der Waals surface area contributed by atoms with Gasteiger partial charge in [-0.25, -0.2) is 9.59 Å². The second-order valence-corrected chi connectivity index (χ2v) is 22.4. The van der Waals surface area contributed by atoms with Crippen molar-refractivity contribution in [2.75, 3.05) is 90.2 Å². The maximum atomic E-state index is 13.8. The molecule has 3 fully saturated rings. The molecule has 3 aliphatic rings. The Bertz CT molecular complexity index is 3070. The van der Waals surface area contributed by atoms with Gasteiger partial charge in [0, 0.05) is 107 Å². The number of carbonyl (C=O) groups is 5. The average Bonchev–Trinajstić information content (AvgIpc) is 3.57. The number of carbonyl (C=O) groups excluding carboxylic acids is 5. The second kappa shape index (κ2) is 29.4. The van der Waals surface area contributed by atoms with E-state index in [1.165, 1.54) is 0 Å². The van der Waals surface area contributed by atoms with Crippen molar-refractivity contribution >= 4 is 41.3 Å². The monoisotopic (exact) mass is 1120 g/mol. The summed E-state index contributed by atoms with van der Waals surface area (Å²) in [7, 11) is 3.65. The zero-order chi connectivity index (χ0) is 58.1. The molecule has 6 aromatic rings. The molecule has 3 saturated heterocycles. The van der Waals surface area contributed by atoms with Crippen LogP contribution in [0.4, 0.5) is 21.0 Å². The van der Waals surface area contributed by atoms with Crippen LogP contribution in [0.1, 0.15) is 90.4 Å². The van der Waals surface area contributed by atoms with Gasteiger partial charge in [-0.1, -0.05) is 121 Å². The number of nitrogens with zero attached hydrogens (tertiary/aromatic N) is 5. The molecule has 9 rings (SSSR count). The number of nitrogens with one attached hydrogen (secondary N) is 3. The minimum Gasteiger partial charge on any atom is -0.446 e. The van der Waals surface area contributed by atoms with Crippen molar-refractivity contribution in [3.63, 3.8) is 0 Å². The summed E-state index contributed by atoms with van der Waals surface area (Å²) in [6.45, 7) is 11.8. The van der Waals surface area contributed by atoms with Crippen molar-refractivity contribution in [2.24, 2.45) is 5.92 Å². The normalized spacial score (nSPS) is 16.2. The van der Waals surface area contributed by atoms with E-state index in [4.69, 9.17) is 14.2 Å². The van der Waals surface area contributed by atoms with Gasteiger partial charge < -0.3 is 39.1 Å². The van der Waals surface area contributed by atoms with Crippen LogP contribution in [0.5, 0.6) is 0 Å². The van der Waals surface area contributed by atoms with Crippen molar-refractivity contribution in [1.29, 1.82) is 0 Å². The van der Waals surface area contributed by atoms with E-state index in [1.54, 1.807) is 21.9 Å². The number of amides is 5. The fourth-order valence-electron chi connectivity index (χ4n) is 11.1. The van der Waals surface area contributed by atoms with Gasteiger partial charge in [0.2, 0.25) is 5.91 Å². The standard InChI is InChI=1S/C67H80N8O8/c1-48(2)81-63(53-27-29-55(30-28-53)65(78)72(4)44-46-74-41-35-57(36-42-74)83-67(80)69-61-22-14-12-20-59(61)51-17-9-6-10-18-51)70-62(76)52-31-37-75(38-32-52)47-49-23-25-54(26-24-49)64(77)71(3)43-45-73-39-33-56(34-40-73)82-66(79)68-60-21-13-11-19-58(60)50-15-7-5-8-16-50/h5-30,48,52,56-57,63H,31-47H2,1-4H3,(H,68,79)(H,69,80)(H,70,76). The molecule has 16 heteroatoms. The Labute approximate surface area is 489 Å². The quantitative estimate of drug-likeness (QED) is 0.0587. The van der Waals surface area contributed by atoms with Crippen LogP contribution >= 0.6 is 0 Å². The Kier molecular flexibility index (Phi) is 21.1. The van der Waals surface area contributed by atoms with Gasteiger partial charge in [-0.2, -0.15) is 0 Å². The highest BCUT2D eigenvalue weighted by molar-refractivity contribution is 5.95. The van der Waals surface area contributed by atoms with Crippen molar-refractivity contribution in [1.82, 2.24) is 29.8 Å². The van der Waals surface area contributed by atoms with Crippen LogP contribution in [-0.4, -0.2) is 152 Å². The minimum absolute atomic E-state index is 0.0277. The summed E-state index contributed by atoms with van der Waals surface area (Å²) in [5.41, 5.74) is 8.40. The number of para-hydroxylation sites is 2. The third-order valence-electron chi connectivity index (χ3n) is 16.0. The predicted octanol–water partition coefficient (Wildman–Crippen LogP) is 11.0. The van der Waals surface area contributed by atoms with Gasteiger partial charge in [0.25, 0.3) is 11.8 Å². The van der Waals surface area contributed by atoms with Gasteiger partial charge in [0.05, 0.1) is 17.5 Å². The van der Waals surface area contributed by atoms with Gasteiger partial charge in [0.15, 0.2) is 6.23 Å². The van der Waals surface area contributed by atoms with Crippen molar-refractivity contribution in [2.45, 2.75) is 83.5 Å². The molecule has 0 saturated carbocycles. The number of likely N-dealkylation sites (N-methyl/N-ethyl adjacent to an activating group) is 2. The Balaban J connectivity index is 0.649. The molecule has 436 valence electrons. The van der Waals surface area contributed by atoms with Crippen LogP contribution < -0.4 is 16.0 Å². The lowest BCUT2D eigenvalue weighted by Gasteiger charge is -2.33. The minimum atomic E-state index is -0.666. The van der Waals surface area contributed by atoms with Crippen molar-refractivity contribution in [3.05, 3.63) is 180 Å². The number of anilines is 2. The van der Waals surface area contributed by atoms with Gasteiger partial charge >= 0.3 is 12.2 Å². The van der Waals surface area contributed by atoms with E-state index in [9.17, 15) is 24.0 Å². The van der Waals surface area contributed by atoms with E-state index in [-0.39, 0.29) is 42.0 Å². The van der Waals surface area contributed by atoms with Gasteiger partial charge in [-0.05, 0) is 119 Å². The number of hydrogen-bond donors (Lipinski definition) is 3. The highest BCUT2D eigenvalue weighted by Crippen LogP contribution is 2.30. The summed E-state index contributed by atoms with van der Waals surface area (Å²) in [5.74, 6) is -0.336. The molecule has 3 N–H and O–H groups in total. The number of piperidine rings is 3. The first-order valence-electron chi connectivity index (χ1n) is 29.4. The van der Waals surface area contributed by atoms with Crippen molar-refractivity contribution in [3.8, 4) is 22.3 Å². The maximum absolute atomic E-state index is 13.8. The molecule has 3 heterocycles. The highest BCUT2D eigenvalue weighted by atomic mass is 16.6. The molecule has 16 nitrogen and oxygen atoms in total. The topological polar surface area (TPSA) is 165 Å². The lowest BCUT2D eigenvalue weighted by molar-refractivity contribution is -0.132. The summed E-state index contributed by atoms with van der Waals surface area (Å²) in [6.07, 6.45) is 2.21. The van der Waals surface area contributed by atoms with Crippen LogP contribution in [0, 0.1) is 5.92 Å². The summed E-state index contributed by atoms with van der Waals surface area (Å²) >= 11 is 0. The summed E-state index contributed by atoms with van der Waals surface area (Å²) in [4.78, 5) is 77.1. The van der Waals surface area contributed by atoms with Gasteiger partial charge in [0.1, 0.15) is 12.2 Å². The van der Waals surface area contributed by atoms with Crippen LogP contribution in [-0.2, 0) is 25.5 Å². The molecule has 0 aliphatic carbocycles. The van der Waals surface area contributed by atoms with E-state index in [1.807, 2.05) is 174 Å². The molecule has 0 aromatic heterocycles. The Morgan fingerprint density at radius 2 is 0.916 bits per heavy atom. The summed E-state index contributed by atoms with van der Waals surface area (Å²) in [6, 6.07) is 50.4. The van der Waals surface area contributed by atoms with E-state index in [0.29, 0.717) is 67.8 Å². The Hall–Kier alpha value is -7.89. The smallest absolute Gasteiger partial charge is 0.411 e. The number of rotatable bonds is 21. The first-order chi connectivity index (χ1) is 40.3. The zero-order valence-corrected chi connectivity index (χ0v) is 48.4. The van der Waals surface area contributed by atoms with Gasteiger partial charge in [-0.3, -0.25) is 29.9 Å². The average molecular weight is 1130 g/mol. The summed E-state index contributed by atoms with van der Waals surface area (Å²) in [5, 5.41) is 9.05. The van der Waals surface area contributed by atoms with Crippen LogP contribution in [0.2, 0.25) is 0 Å². The van der Waals surface area contributed by atoms with Crippen LogP contribution in [0.3, 0.4) is 0 Å². The molecule has 0 spiro atoms. The molecule has 6 aromatic carbocycles. The van der Waals surface area contributed by atoms with E-state index in [0.717, 1.165) is 98.6 Å². The first kappa shape index (κ1) is 59.7. The fraction of sp³-hybridized carbons (Fsp3) is 0.388. The van der Waals surface area contributed by atoms with E-state index in [2.05, 4.69) is 30.7 Å². The van der Waals surface area contributed by atoms with E-state index >= 15 is 0 Å². The molecular weight excluding hydrogens is 1040 g/mol. The first-order valence-corrected chi connectivity index (χ1v) is 29.4. The van der Waals surface area contributed by atoms with Crippen LogP contribution in [0.25, 0.3) is 22.3 Å². The zero-order valence-electron chi connectivity index (χ0n) is 48.4. The van der Waals surface area contributed by atoms with Crippen LogP contribution in [0.15, 0.2) is 158 Å². The Morgan fingerprint density at radius 3 is 1.36 bits per heavy atom. The number of ether oxygens (including phenoxy) is 3. The van der Waals surface area contributed by atoms with Gasteiger partial charge in [-0.15, -0.1) is 0 Å². The van der Waals surface area contributed by atoms with E-state index < -0.39 is 18.4 Å². The lowest BCUT2D eigenvalue weighted by atomic mass is 9.95. The molecule has 0 bridgehead atoms. The molecular formula is C67H80N8O8.